The number of nitrogens with zero attached hydrogens (tertiary/aromatic N) is 1. The zero-order valence-corrected chi connectivity index (χ0v) is 17.6. The van der Waals surface area contributed by atoms with Gasteiger partial charge in [-0.15, -0.1) is 0 Å². The molecule has 1 atom stereocenters. The molecule has 0 radical (unpaired) electrons. The summed E-state index contributed by atoms with van der Waals surface area (Å²) in [6.07, 6.45) is 0.649. The van der Waals surface area contributed by atoms with Crippen LogP contribution in [0.4, 0.5) is 4.79 Å². The van der Waals surface area contributed by atoms with Crippen LogP contribution in [0.5, 0.6) is 0 Å². The number of ether oxygens (including phenoxy) is 2. The fourth-order valence-corrected chi connectivity index (χ4v) is 3.35. The first-order valence-electron chi connectivity index (χ1n) is 10.1. The van der Waals surface area contributed by atoms with Gasteiger partial charge in [-0.05, 0) is 44.7 Å². The van der Waals surface area contributed by atoms with E-state index in [4.69, 9.17) is 9.47 Å². The Kier molecular flexibility index (Phi) is 6.55. The third kappa shape index (κ3) is 5.47. The first-order valence-corrected chi connectivity index (χ1v) is 10.1. The fourth-order valence-electron chi connectivity index (χ4n) is 3.35. The van der Waals surface area contributed by atoms with Crippen molar-refractivity contribution < 1.29 is 23.9 Å². The van der Waals surface area contributed by atoms with Gasteiger partial charge in [0.2, 0.25) is 0 Å². The second-order valence-electron chi connectivity index (χ2n) is 8.31. The minimum atomic E-state index is -0.715. The van der Waals surface area contributed by atoms with Gasteiger partial charge >= 0.3 is 12.1 Å². The number of likely N-dealkylation sites (tertiary alicyclic amines) is 1. The molecular weight excluding hydrogens is 382 g/mol. The highest BCUT2D eigenvalue weighted by Crippen LogP contribution is 2.22. The minimum Gasteiger partial charge on any atom is -0.456 e. The van der Waals surface area contributed by atoms with Crippen molar-refractivity contribution in [3.8, 4) is 11.1 Å². The molecule has 1 aliphatic heterocycles. The standard InChI is InChI=1S/C24H27NO5/c1-24(2,3)30-23(28)25-15-7-10-20(25)22(27)29-16-21(26)19-13-11-18(12-14-19)17-8-5-4-6-9-17/h4-6,8-9,11-14,20H,7,10,15-16H2,1-3H3/t20-/m0/s1. The maximum atomic E-state index is 12.5. The first kappa shape index (κ1) is 21.6. The van der Waals surface area contributed by atoms with Crippen molar-refractivity contribution in [3.63, 3.8) is 0 Å². The number of hydrogen-bond acceptors (Lipinski definition) is 5. The lowest BCUT2D eigenvalue weighted by atomic mass is 10.0. The highest BCUT2D eigenvalue weighted by molar-refractivity contribution is 5.98. The molecule has 0 bridgehead atoms. The first-order chi connectivity index (χ1) is 14.2. The van der Waals surface area contributed by atoms with Crippen LogP contribution in [-0.4, -0.2) is 47.5 Å². The lowest BCUT2D eigenvalue weighted by Crippen LogP contribution is -2.44. The van der Waals surface area contributed by atoms with Crippen molar-refractivity contribution in [2.75, 3.05) is 13.2 Å². The van der Waals surface area contributed by atoms with E-state index in [1.807, 2.05) is 42.5 Å². The third-order valence-electron chi connectivity index (χ3n) is 4.81. The van der Waals surface area contributed by atoms with E-state index in [1.165, 1.54) is 4.90 Å². The molecule has 2 aromatic rings. The lowest BCUT2D eigenvalue weighted by molar-refractivity contribution is -0.147. The molecule has 0 spiro atoms. The summed E-state index contributed by atoms with van der Waals surface area (Å²) < 4.78 is 10.6. The van der Waals surface area contributed by atoms with E-state index in [2.05, 4.69) is 0 Å². The van der Waals surface area contributed by atoms with Crippen LogP contribution in [0.15, 0.2) is 54.6 Å². The quantitative estimate of drug-likeness (QED) is 0.538. The molecular formula is C24H27NO5. The average Bonchev–Trinajstić information content (AvgIpc) is 3.21. The van der Waals surface area contributed by atoms with Gasteiger partial charge in [0.15, 0.2) is 12.4 Å². The predicted octanol–water partition coefficient (Wildman–Crippen LogP) is 4.48. The molecule has 1 fully saturated rings. The summed E-state index contributed by atoms with van der Waals surface area (Å²) in [6, 6.07) is 16.3. The van der Waals surface area contributed by atoms with Gasteiger partial charge in [0.1, 0.15) is 11.6 Å². The van der Waals surface area contributed by atoms with E-state index >= 15 is 0 Å². The Morgan fingerprint density at radius 3 is 2.23 bits per heavy atom. The maximum Gasteiger partial charge on any atom is 0.411 e. The van der Waals surface area contributed by atoms with E-state index in [1.54, 1.807) is 32.9 Å². The van der Waals surface area contributed by atoms with Crippen LogP contribution < -0.4 is 0 Å². The number of amides is 1. The van der Waals surface area contributed by atoms with Crippen LogP contribution in [0, 0.1) is 0 Å². The number of rotatable bonds is 5. The Morgan fingerprint density at radius 1 is 0.967 bits per heavy atom. The zero-order valence-electron chi connectivity index (χ0n) is 17.6. The largest absolute Gasteiger partial charge is 0.456 e. The molecule has 3 rings (SSSR count). The Morgan fingerprint density at radius 2 is 1.60 bits per heavy atom. The Bertz CT molecular complexity index is 899. The smallest absolute Gasteiger partial charge is 0.411 e. The van der Waals surface area contributed by atoms with Gasteiger partial charge in [0.05, 0.1) is 0 Å². The number of carbonyl (C=O) groups excluding carboxylic acids is 3. The summed E-state index contributed by atoms with van der Waals surface area (Å²) in [4.78, 5) is 38.6. The second kappa shape index (κ2) is 9.11. The SMILES string of the molecule is CC(C)(C)OC(=O)N1CCC[C@H]1C(=O)OCC(=O)c1ccc(-c2ccccc2)cc1. The van der Waals surface area contributed by atoms with Crippen LogP contribution in [0.3, 0.4) is 0 Å². The van der Waals surface area contributed by atoms with Crippen LogP contribution in [0.25, 0.3) is 11.1 Å². The van der Waals surface area contributed by atoms with E-state index in [9.17, 15) is 14.4 Å². The average molecular weight is 409 g/mol. The third-order valence-corrected chi connectivity index (χ3v) is 4.81. The van der Waals surface area contributed by atoms with E-state index in [0.29, 0.717) is 24.9 Å². The van der Waals surface area contributed by atoms with Gasteiger partial charge in [-0.1, -0.05) is 54.6 Å². The highest BCUT2D eigenvalue weighted by atomic mass is 16.6. The van der Waals surface area contributed by atoms with Gasteiger partial charge < -0.3 is 9.47 Å². The van der Waals surface area contributed by atoms with Gasteiger partial charge in [0.25, 0.3) is 0 Å². The van der Waals surface area contributed by atoms with Crippen LogP contribution in [-0.2, 0) is 14.3 Å². The molecule has 0 saturated carbocycles. The van der Waals surface area contributed by atoms with Crippen molar-refractivity contribution in [2.24, 2.45) is 0 Å². The molecule has 0 aliphatic carbocycles. The van der Waals surface area contributed by atoms with E-state index < -0.39 is 23.7 Å². The van der Waals surface area contributed by atoms with Crippen LogP contribution >= 0.6 is 0 Å². The van der Waals surface area contributed by atoms with Gasteiger partial charge in [-0.3, -0.25) is 9.69 Å². The summed E-state index contributed by atoms with van der Waals surface area (Å²) in [6.45, 7) is 5.40. The number of esters is 1. The Hall–Kier alpha value is -3.15. The van der Waals surface area contributed by atoms with Gasteiger partial charge in [0, 0.05) is 12.1 Å². The molecule has 1 saturated heterocycles. The summed E-state index contributed by atoms with van der Waals surface area (Å²) in [5, 5.41) is 0. The molecule has 1 aliphatic rings. The second-order valence-corrected chi connectivity index (χ2v) is 8.31. The normalized spacial score (nSPS) is 16.2. The molecule has 2 aromatic carbocycles. The van der Waals surface area contributed by atoms with Gasteiger partial charge in [-0.25, -0.2) is 9.59 Å². The van der Waals surface area contributed by atoms with Gasteiger partial charge in [-0.2, -0.15) is 0 Å². The highest BCUT2D eigenvalue weighted by Gasteiger charge is 2.37. The van der Waals surface area contributed by atoms with Crippen molar-refractivity contribution in [1.82, 2.24) is 4.90 Å². The molecule has 1 amide bonds. The van der Waals surface area contributed by atoms with E-state index in [-0.39, 0.29) is 12.4 Å². The van der Waals surface area contributed by atoms with Crippen LogP contribution in [0.2, 0.25) is 0 Å². The molecule has 6 nitrogen and oxygen atoms in total. The zero-order chi connectivity index (χ0) is 21.7. The molecule has 0 aromatic heterocycles. The van der Waals surface area contributed by atoms with Crippen molar-refractivity contribution in [1.29, 1.82) is 0 Å². The number of Topliss-reactive ketones (excluding diaryl/α,β-unsaturated/α-hetero) is 1. The summed E-state index contributed by atoms with van der Waals surface area (Å²) in [5.41, 5.74) is 1.89. The summed E-state index contributed by atoms with van der Waals surface area (Å²) in [7, 11) is 0. The summed E-state index contributed by atoms with van der Waals surface area (Å²) >= 11 is 0. The molecule has 158 valence electrons. The molecule has 30 heavy (non-hydrogen) atoms. The molecule has 6 heteroatoms. The number of benzene rings is 2. The monoisotopic (exact) mass is 409 g/mol. The lowest BCUT2D eigenvalue weighted by Gasteiger charge is -2.27. The van der Waals surface area contributed by atoms with Crippen LogP contribution in [0.1, 0.15) is 44.0 Å². The number of carbonyl (C=O) groups is 3. The maximum absolute atomic E-state index is 12.5. The number of hydrogen-bond donors (Lipinski definition) is 0. The predicted molar refractivity (Wildman–Crippen MR) is 113 cm³/mol. The Balaban J connectivity index is 1.56. The van der Waals surface area contributed by atoms with E-state index in [0.717, 1.165) is 11.1 Å². The number of ketones is 1. The van der Waals surface area contributed by atoms with Crippen molar-refractivity contribution >= 4 is 17.8 Å². The summed E-state index contributed by atoms with van der Waals surface area (Å²) in [5.74, 6) is -0.864. The molecule has 0 N–H and O–H groups in total. The minimum absolute atomic E-state index is 0.287. The molecule has 1 heterocycles. The fraction of sp³-hybridized carbons (Fsp3) is 0.375. The Labute approximate surface area is 176 Å². The molecule has 0 unspecified atom stereocenters. The van der Waals surface area contributed by atoms with Crippen molar-refractivity contribution in [3.05, 3.63) is 60.2 Å². The topological polar surface area (TPSA) is 72.9 Å². The van der Waals surface area contributed by atoms with Crippen molar-refractivity contribution in [2.45, 2.75) is 45.3 Å².